The third-order valence-corrected chi connectivity index (χ3v) is 4.86. The highest BCUT2D eigenvalue weighted by molar-refractivity contribution is 6.31. The van der Waals surface area contributed by atoms with Gasteiger partial charge in [-0.1, -0.05) is 53.6 Å². The van der Waals surface area contributed by atoms with Crippen LogP contribution in [0.15, 0.2) is 60.7 Å². The van der Waals surface area contributed by atoms with E-state index in [-0.39, 0.29) is 0 Å². The monoisotopic (exact) mass is 381 g/mol. The van der Waals surface area contributed by atoms with E-state index in [9.17, 15) is 0 Å². The molecule has 140 valence electrons. The summed E-state index contributed by atoms with van der Waals surface area (Å²) < 4.78 is 11.5. The quantitative estimate of drug-likeness (QED) is 0.531. The molecule has 0 saturated heterocycles. The molecule has 0 atom stereocenters. The van der Waals surface area contributed by atoms with Crippen LogP contribution in [0.4, 0.5) is 5.69 Å². The Bertz CT molecular complexity index is 907. The molecule has 3 rings (SSSR count). The number of rotatable bonds is 7. The van der Waals surface area contributed by atoms with Crippen LogP contribution in [-0.2, 0) is 13.2 Å². The van der Waals surface area contributed by atoms with Crippen molar-refractivity contribution in [2.24, 2.45) is 0 Å². The molecule has 3 nitrogen and oxygen atoms in total. The topological polar surface area (TPSA) is 30.5 Å². The second kappa shape index (κ2) is 8.83. The van der Waals surface area contributed by atoms with Crippen LogP contribution in [-0.4, -0.2) is 7.11 Å². The number of aryl methyl sites for hydroxylation is 2. The standard InChI is InChI=1S/C23H24ClNO2/c1-16-8-10-20(11-9-16)25-14-19-12-22(26-3)23(13-21(19)24)27-15-18-7-5-4-6-17(18)2/h4-13,25H,14-15H2,1-3H3. The van der Waals surface area contributed by atoms with Crippen molar-refractivity contribution in [1.29, 1.82) is 0 Å². The molecule has 0 aromatic heterocycles. The molecule has 0 spiro atoms. The molecular weight excluding hydrogens is 358 g/mol. The van der Waals surface area contributed by atoms with E-state index in [4.69, 9.17) is 21.1 Å². The third-order valence-electron chi connectivity index (χ3n) is 4.51. The second-order valence-electron chi connectivity index (χ2n) is 6.53. The highest BCUT2D eigenvalue weighted by Crippen LogP contribution is 2.34. The number of anilines is 1. The van der Waals surface area contributed by atoms with Crippen molar-refractivity contribution in [2.75, 3.05) is 12.4 Å². The van der Waals surface area contributed by atoms with Gasteiger partial charge in [0.15, 0.2) is 11.5 Å². The smallest absolute Gasteiger partial charge is 0.163 e. The first-order chi connectivity index (χ1) is 13.1. The molecule has 3 aromatic carbocycles. The summed E-state index contributed by atoms with van der Waals surface area (Å²) in [5.41, 5.74) is 5.57. The molecule has 0 aliphatic carbocycles. The minimum atomic E-state index is 0.473. The molecule has 3 aromatic rings. The van der Waals surface area contributed by atoms with Crippen LogP contribution >= 0.6 is 11.6 Å². The van der Waals surface area contributed by atoms with Gasteiger partial charge in [-0.3, -0.25) is 0 Å². The molecule has 0 heterocycles. The maximum Gasteiger partial charge on any atom is 0.163 e. The minimum Gasteiger partial charge on any atom is -0.493 e. The summed E-state index contributed by atoms with van der Waals surface area (Å²) in [4.78, 5) is 0. The molecule has 4 heteroatoms. The molecule has 0 aliphatic heterocycles. The Kier molecular flexibility index (Phi) is 6.25. The molecule has 0 unspecified atom stereocenters. The number of hydrogen-bond donors (Lipinski definition) is 1. The molecule has 0 amide bonds. The summed E-state index contributed by atoms with van der Waals surface area (Å²) >= 11 is 6.49. The van der Waals surface area contributed by atoms with Crippen LogP contribution in [0, 0.1) is 13.8 Å². The lowest BCUT2D eigenvalue weighted by atomic mass is 10.1. The first-order valence-electron chi connectivity index (χ1n) is 8.91. The predicted octanol–water partition coefficient (Wildman–Crippen LogP) is 6.16. The van der Waals surface area contributed by atoms with Gasteiger partial charge in [-0.05, 0) is 48.7 Å². The maximum absolute atomic E-state index is 6.49. The van der Waals surface area contributed by atoms with Crippen molar-refractivity contribution in [3.63, 3.8) is 0 Å². The fraction of sp³-hybridized carbons (Fsp3) is 0.217. The van der Waals surface area contributed by atoms with Gasteiger partial charge in [0.05, 0.1) is 7.11 Å². The van der Waals surface area contributed by atoms with Crippen molar-refractivity contribution in [1.82, 2.24) is 0 Å². The van der Waals surface area contributed by atoms with Crippen LogP contribution in [0.5, 0.6) is 11.5 Å². The van der Waals surface area contributed by atoms with Crippen molar-refractivity contribution in [2.45, 2.75) is 27.0 Å². The zero-order chi connectivity index (χ0) is 19.2. The fourth-order valence-corrected chi connectivity index (χ4v) is 3.00. The van der Waals surface area contributed by atoms with E-state index in [0.29, 0.717) is 29.7 Å². The lowest BCUT2D eigenvalue weighted by molar-refractivity contribution is 0.284. The largest absolute Gasteiger partial charge is 0.493 e. The van der Waals surface area contributed by atoms with Gasteiger partial charge in [0.2, 0.25) is 0 Å². The molecule has 27 heavy (non-hydrogen) atoms. The van der Waals surface area contributed by atoms with Crippen LogP contribution in [0.2, 0.25) is 5.02 Å². The van der Waals surface area contributed by atoms with Gasteiger partial charge >= 0.3 is 0 Å². The van der Waals surface area contributed by atoms with Gasteiger partial charge in [-0.25, -0.2) is 0 Å². The molecule has 0 saturated carbocycles. The average Bonchev–Trinajstić information content (AvgIpc) is 2.68. The van der Waals surface area contributed by atoms with E-state index in [1.165, 1.54) is 11.1 Å². The summed E-state index contributed by atoms with van der Waals surface area (Å²) in [5.74, 6) is 1.32. The number of nitrogens with one attached hydrogen (secondary N) is 1. The van der Waals surface area contributed by atoms with Crippen molar-refractivity contribution in [3.05, 3.63) is 87.9 Å². The highest BCUT2D eigenvalue weighted by atomic mass is 35.5. The number of halogens is 1. The Hall–Kier alpha value is -2.65. The van der Waals surface area contributed by atoms with Gasteiger partial charge in [0.25, 0.3) is 0 Å². The summed E-state index contributed by atoms with van der Waals surface area (Å²) in [6, 6.07) is 20.2. The van der Waals surface area contributed by atoms with Crippen LogP contribution in [0.1, 0.15) is 22.3 Å². The normalized spacial score (nSPS) is 10.5. The van der Waals surface area contributed by atoms with Gasteiger partial charge in [-0.2, -0.15) is 0 Å². The Morgan fingerprint density at radius 3 is 2.33 bits per heavy atom. The van der Waals surface area contributed by atoms with Gasteiger partial charge in [0.1, 0.15) is 6.61 Å². The Morgan fingerprint density at radius 1 is 0.889 bits per heavy atom. The second-order valence-corrected chi connectivity index (χ2v) is 6.94. The van der Waals surface area contributed by atoms with Gasteiger partial charge in [0, 0.05) is 23.3 Å². The van der Waals surface area contributed by atoms with Crippen molar-refractivity contribution < 1.29 is 9.47 Å². The van der Waals surface area contributed by atoms with Crippen molar-refractivity contribution >= 4 is 17.3 Å². The van der Waals surface area contributed by atoms with Crippen molar-refractivity contribution in [3.8, 4) is 11.5 Å². The third kappa shape index (κ3) is 4.95. The van der Waals surface area contributed by atoms with Gasteiger partial charge in [-0.15, -0.1) is 0 Å². The molecular formula is C23H24ClNO2. The predicted molar refractivity (Wildman–Crippen MR) is 112 cm³/mol. The summed E-state index contributed by atoms with van der Waals surface area (Å²) in [5, 5.41) is 4.03. The average molecular weight is 382 g/mol. The molecule has 0 bridgehead atoms. The minimum absolute atomic E-state index is 0.473. The highest BCUT2D eigenvalue weighted by Gasteiger charge is 2.11. The van der Waals surface area contributed by atoms with E-state index < -0.39 is 0 Å². The molecule has 0 aliphatic rings. The number of ether oxygens (including phenoxy) is 2. The van der Waals surface area contributed by atoms with Gasteiger partial charge < -0.3 is 14.8 Å². The SMILES string of the molecule is COc1cc(CNc2ccc(C)cc2)c(Cl)cc1OCc1ccccc1C. The number of benzene rings is 3. The van der Waals surface area contributed by atoms with E-state index in [0.717, 1.165) is 16.8 Å². The van der Waals surface area contributed by atoms with E-state index in [2.05, 4.69) is 55.6 Å². The number of hydrogen-bond acceptors (Lipinski definition) is 3. The lowest BCUT2D eigenvalue weighted by Crippen LogP contribution is -2.03. The first kappa shape index (κ1) is 19.1. The summed E-state index contributed by atoms with van der Waals surface area (Å²) in [6.07, 6.45) is 0. The Labute approximate surface area is 165 Å². The molecule has 0 fully saturated rings. The lowest BCUT2D eigenvalue weighted by Gasteiger charge is -2.15. The number of methoxy groups -OCH3 is 1. The summed E-state index contributed by atoms with van der Waals surface area (Å²) in [7, 11) is 1.64. The maximum atomic E-state index is 6.49. The van der Waals surface area contributed by atoms with Crippen LogP contribution < -0.4 is 14.8 Å². The fourth-order valence-electron chi connectivity index (χ4n) is 2.78. The zero-order valence-corrected chi connectivity index (χ0v) is 16.6. The summed E-state index contributed by atoms with van der Waals surface area (Å²) in [6.45, 7) is 5.22. The van der Waals surface area contributed by atoms with Crippen LogP contribution in [0.3, 0.4) is 0 Å². The van der Waals surface area contributed by atoms with Crippen LogP contribution in [0.25, 0.3) is 0 Å². The van der Waals surface area contributed by atoms with E-state index in [1.54, 1.807) is 7.11 Å². The molecule has 0 radical (unpaired) electrons. The van der Waals surface area contributed by atoms with E-state index in [1.807, 2.05) is 24.3 Å². The first-order valence-corrected chi connectivity index (χ1v) is 9.29. The Balaban J connectivity index is 1.72. The Morgan fingerprint density at radius 2 is 1.63 bits per heavy atom. The van der Waals surface area contributed by atoms with E-state index >= 15 is 0 Å². The molecule has 1 N–H and O–H groups in total. The zero-order valence-electron chi connectivity index (χ0n) is 15.9.